The Morgan fingerprint density at radius 3 is 1.68 bits per heavy atom. The summed E-state index contributed by atoms with van der Waals surface area (Å²) in [6.07, 6.45) is 5.68. The zero-order valence-electron chi connectivity index (χ0n) is 25.8. The third-order valence-corrected chi connectivity index (χ3v) is 5.96. The standard InChI is InChI=1S/C31H32O6.C5H8O2/c1-23(2)31(33)36-22-6-4-5-21-35-28-16-10-25(11-17-28)26-12-18-29(19-13-26)37-30(32)20-9-24-7-14-27(34-3)15-8-24;1-4(2)5(6)7-3/h7-20H,1,4-6,21-22H2,2-3H3;1H2,2-3H3. The average molecular weight is 601 g/mol. The highest BCUT2D eigenvalue weighted by Gasteiger charge is 2.05. The molecule has 232 valence electrons. The number of benzene rings is 3. The lowest BCUT2D eigenvalue weighted by Gasteiger charge is -2.08. The Hall–Kier alpha value is -5.11. The van der Waals surface area contributed by atoms with Gasteiger partial charge in [-0.15, -0.1) is 0 Å². The number of methoxy groups -OCH3 is 2. The zero-order chi connectivity index (χ0) is 32.3. The van der Waals surface area contributed by atoms with E-state index in [4.69, 9.17) is 18.9 Å². The first-order valence-electron chi connectivity index (χ1n) is 14.1. The van der Waals surface area contributed by atoms with Crippen molar-refractivity contribution in [2.75, 3.05) is 27.4 Å². The van der Waals surface area contributed by atoms with Crippen molar-refractivity contribution >= 4 is 24.0 Å². The molecule has 0 amide bonds. The Kier molecular flexibility index (Phi) is 15.3. The van der Waals surface area contributed by atoms with Gasteiger partial charge in [0.2, 0.25) is 0 Å². The normalized spacial score (nSPS) is 10.2. The van der Waals surface area contributed by atoms with Crippen LogP contribution in [0.4, 0.5) is 0 Å². The van der Waals surface area contributed by atoms with Crippen LogP contribution in [-0.2, 0) is 23.9 Å². The van der Waals surface area contributed by atoms with Gasteiger partial charge in [0.15, 0.2) is 0 Å². The van der Waals surface area contributed by atoms with Gasteiger partial charge in [-0.25, -0.2) is 14.4 Å². The molecule has 0 fully saturated rings. The average Bonchev–Trinajstić information content (AvgIpc) is 3.04. The lowest BCUT2D eigenvalue weighted by Crippen LogP contribution is -2.06. The van der Waals surface area contributed by atoms with E-state index < -0.39 is 5.97 Å². The van der Waals surface area contributed by atoms with Crippen molar-refractivity contribution in [2.24, 2.45) is 0 Å². The minimum atomic E-state index is -0.446. The third kappa shape index (κ3) is 13.2. The van der Waals surface area contributed by atoms with Crippen molar-refractivity contribution in [3.63, 3.8) is 0 Å². The minimum Gasteiger partial charge on any atom is -0.497 e. The second kappa shape index (κ2) is 19.2. The summed E-state index contributed by atoms with van der Waals surface area (Å²) >= 11 is 0. The van der Waals surface area contributed by atoms with E-state index in [-0.39, 0.29) is 11.9 Å². The monoisotopic (exact) mass is 600 g/mol. The third-order valence-electron chi connectivity index (χ3n) is 5.96. The fourth-order valence-corrected chi connectivity index (χ4v) is 3.52. The van der Waals surface area contributed by atoms with Gasteiger partial charge in [-0.05, 0) is 92.3 Å². The summed E-state index contributed by atoms with van der Waals surface area (Å²) in [5.41, 5.74) is 3.76. The lowest BCUT2D eigenvalue weighted by molar-refractivity contribution is -0.139. The summed E-state index contributed by atoms with van der Waals surface area (Å²) in [6, 6.07) is 22.6. The van der Waals surface area contributed by atoms with Crippen molar-refractivity contribution in [2.45, 2.75) is 33.1 Å². The van der Waals surface area contributed by atoms with E-state index in [1.807, 2.05) is 60.7 Å². The van der Waals surface area contributed by atoms with Crippen LogP contribution < -0.4 is 14.2 Å². The molecular formula is C36H40O8. The second-order valence-electron chi connectivity index (χ2n) is 9.67. The van der Waals surface area contributed by atoms with E-state index in [1.165, 1.54) is 13.2 Å². The Morgan fingerprint density at radius 2 is 1.18 bits per heavy atom. The van der Waals surface area contributed by atoms with Crippen LogP contribution in [0.2, 0.25) is 0 Å². The molecule has 0 bridgehead atoms. The van der Waals surface area contributed by atoms with Gasteiger partial charge in [-0.3, -0.25) is 0 Å². The molecule has 0 atom stereocenters. The van der Waals surface area contributed by atoms with Crippen molar-refractivity contribution < 1.29 is 38.1 Å². The Morgan fingerprint density at radius 1 is 0.659 bits per heavy atom. The Balaban J connectivity index is 0.000000860. The highest BCUT2D eigenvalue weighted by atomic mass is 16.5. The molecule has 0 aliphatic carbocycles. The van der Waals surface area contributed by atoms with Gasteiger partial charge in [-0.1, -0.05) is 49.6 Å². The van der Waals surface area contributed by atoms with E-state index in [0.717, 1.165) is 47.5 Å². The summed E-state index contributed by atoms with van der Waals surface area (Å²) in [4.78, 5) is 33.7. The Bertz CT molecular complexity index is 1400. The number of unbranched alkanes of at least 4 members (excludes halogenated alkanes) is 2. The molecule has 0 aliphatic heterocycles. The van der Waals surface area contributed by atoms with Gasteiger partial charge in [0, 0.05) is 17.2 Å². The molecule has 44 heavy (non-hydrogen) atoms. The molecule has 3 rings (SSSR count). The number of hydrogen-bond acceptors (Lipinski definition) is 8. The minimum absolute atomic E-state index is 0.343. The molecule has 0 aromatic heterocycles. The SMILES string of the molecule is C=C(C)C(=O)OC.C=C(C)C(=O)OCCCCCOc1ccc(-c2ccc(OC(=O)C=Cc3ccc(OC)cc3)cc2)cc1. The van der Waals surface area contributed by atoms with Crippen molar-refractivity contribution in [3.8, 4) is 28.4 Å². The fourth-order valence-electron chi connectivity index (χ4n) is 3.52. The number of carbonyl (C=O) groups excluding carboxylic acids is 3. The van der Waals surface area contributed by atoms with E-state index in [0.29, 0.717) is 30.1 Å². The van der Waals surface area contributed by atoms with Crippen LogP contribution in [0.1, 0.15) is 38.7 Å². The zero-order valence-corrected chi connectivity index (χ0v) is 25.8. The summed E-state index contributed by atoms with van der Waals surface area (Å²) in [5, 5.41) is 0. The molecule has 0 radical (unpaired) electrons. The van der Waals surface area contributed by atoms with Gasteiger partial charge in [0.25, 0.3) is 0 Å². The van der Waals surface area contributed by atoms with Crippen LogP contribution in [0.3, 0.4) is 0 Å². The summed E-state index contributed by atoms with van der Waals surface area (Å²) in [6.45, 7) is 11.1. The highest BCUT2D eigenvalue weighted by Crippen LogP contribution is 2.25. The van der Waals surface area contributed by atoms with Crippen LogP contribution in [-0.4, -0.2) is 45.3 Å². The molecule has 0 aliphatic rings. The summed E-state index contributed by atoms with van der Waals surface area (Å²) < 4.78 is 25.7. The van der Waals surface area contributed by atoms with Crippen LogP contribution in [0, 0.1) is 0 Å². The molecule has 0 unspecified atom stereocenters. The second-order valence-corrected chi connectivity index (χ2v) is 9.67. The summed E-state index contributed by atoms with van der Waals surface area (Å²) in [7, 11) is 2.94. The van der Waals surface area contributed by atoms with E-state index >= 15 is 0 Å². The van der Waals surface area contributed by atoms with E-state index in [2.05, 4.69) is 17.9 Å². The number of carbonyl (C=O) groups is 3. The topological polar surface area (TPSA) is 97.4 Å². The first kappa shape index (κ1) is 35.1. The smallest absolute Gasteiger partial charge is 0.336 e. The van der Waals surface area contributed by atoms with Gasteiger partial charge >= 0.3 is 17.9 Å². The number of ether oxygens (including phenoxy) is 5. The van der Waals surface area contributed by atoms with Crippen molar-refractivity contribution in [1.29, 1.82) is 0 Å². The van der Waals surface area contributed by atoms with Crippen LogP contribution in [0.15, 0.2) is 103 Å². The first-order valence-corrected chi connectivity index (χ1v) is 14.1. The van der Waals surface area contributed by atoms with Crippen molar-refractivity contribution in [1.82, 2.24) is 0 Å². The molecule has 3 aromatic rings. The maximum atomic E-state index is 12.1. The number of rotatable bonds is 14. The molecule has 8 nitrogen and oxygen atoms in total. The van der Waals surface area contributed by atoms with Gasteiger partial charge in [0.1, 0.15) is 17.2 Å². The molecular weight excluding hydrogens is 560 g/mol. The quantitative estimate of drug-likeness (QED) is 0.0818. The van der Waals surface area contributed by atoms with Crippen LogP contribution >= 0.6 is 0 Å². The molecule has 8 heteroatoms. The predicted octanol–water partition coefficient (Wildman–Crippen LogP) is 7.38. The molecule has 0 N–H and O–H groups in total. The maximum absolute atomic E-state index is 12.1. The highest BCUT2D eigenvalue weighted by molar-refractivity contribution is 5.89. The fraction of sp³-hybridized carbons (Fsp3) is 0.250. The molecule has 0 spiro atoms. The van der Waals surface area contributed by atoms with Gasteiger partial charge in [0.05, 0.1) is 27.4 Å². The van der Waals surface area contributed by atoms with Crippen molar-refractivity contribution in [3.05, 3.63) is 109 Å². The summed E-state index contributed by atoms with van der Waals surface area (Å²) in [5.74, 6) is 0.895. The Labute approximate surface area is 259 Å². The first-order chi connectivity index (χ1) is 21.1. The van der Waals surface area contributed by atoms with E-state index in [1.54, 1.807) is 39.2 Å². The number of hydrogen-bond donors (Lipinski definition) is 0. The van der Waals surface area contributed by atoms with E-state index in [9.17, 15) is 14.4 Å². The van der Waals surface area contributed by atoms with Gasteiger partial charge in [-0.2, -0.15) is 0 Å². The predicted molar refractivity (Wildman–Crippen MR) is 171 cm³/mol. The van der Waals surface area contributed by atoms with Crippen LogP contribution in [0.25, 0.3) is 17.2 Å². The number of esters is 3. The molecule has 0 heterocycles. The van der Waals surface area contributed by atoms with Crippen LogP contribution in [0.5, 0.6) is 17.2 Å². The molecule has 0 saturated carbocycles. The lowest BCUT2D eigenvalue weighted by atomic mass is 10.1. The molecule has 3 aromatic carbocycles. The maximum Gasteiger partial charge on any atom is 0.336 e. The molecule has 0 saturated heterocycles. The largest absolute Gasteiger partial charge is 0.497 e. The van der Waals surface area contributed by atoms with Gasteiger partial charge < -0.3 is 23.7 Å².